The second kappa shape index (κ2) is 33.7. The number of hydrogen-bond donors (Lipinski definition) is 16. The van der Waals surface area contributed by atoms with Crippen LogP contribution in [-0.2, 0) is 65.6 Å². The number of carbonyl (C=O) groups is 11. The minimum absolute atomic E-state index is 0.0110. The molecule has 2 aromatic carbocycles. The molecule has 27 nitrogen and oxygen atoms in total. The summed E-state index contributed by atoms with van der Waals surface area (Å²) in [5.41, 5.74) is 24.2. The van der Waals surface area contributed by atoms with E-state index in [0.29, 0.717) is 34.9 Å². The van der Waals surface area contributed by atoms with Gasteiger partial charge < -0.3 is 85.8 Å². The number of rotatable bonds is 36. The molecule has 0 saturated heterocycles. The van der Waals surface area contributed by atoms with Gasteiger partial charge in [-0.3, -0.25) is 47.9 Å². The van der Waals surface area contributed by atoms with Crippen LogP contribution in [0.4, 0.5) is 0 Å². The molecule has 10 amide bonds. The quantitative estimate of drug-likeness (QED) is 0.0290. The van der Waals surface area contributed by atoms with Crippen molar-refractivity contribution in [1.29, 1.82) is 0 Å². The smallest absolute Gasteiger partial charge is 0.326 e. The first-order valence-electron chi connectivity index (χ1n) is 27.7. The van der Waals surface area contributed by atoms with Gasteiger partial charge in [-0.1, -0.05) is 71.9 Å². The van der Waals surface area contributed by atoms with Crippen molar-refractivity contribution in [3.8, 4) is 5.75 Å². The standard InChI is InChI=1S/C56H85N13O14/c1-28(2)22-39(50(76)62-37(14-10-11-21-57)48(74)65-42(26-45(59)73)52(78)68-43(56(82)83)23-29(3)4)67-55(81)47(30(5)6)69-53(79)41(25-33-27-61-36-13-9-8-12-35(33)36)64-49(75)38(19-20-44(58)72)63-51(77)40(66-54(80)46(60)31(7)70)24-32-15-17-34(71)18-16-32/h8-9,12-13,15-18,27-31,37-43,46-47,61,70-71H,10-11,14,19-26,57,60H2,1-7H3,(H2,58,72)(H2,59,73)(H,62,76)(H,63,77)(H,64,75)(H,65,74)(H,66,80)(H,67,81)(H,68,78)(H,69,79)(H,82,83)/t31-,37+,38+,39+,40+,41+,42+,43+,46+,47+/m1/s1. The molecule has 3 rings (SSSR count). The Morgan fingerprint density at radius 3 is 1.58 bits per heavy atom. The zero-order valence-corrected chi connectivity index (χ0v) is 48.1. The molecule has 0 fully saturated rings. The molecule has 20 N–H and O–H groups in total. The summed E-state index contributed by atoms with van der Waals surface area (Å²) in [6.45, 7) is 11.7. The molecule has 458 valence electrons. The third kappa shape index (κ3) is 23.3. The molecule has 3 aromatic rings. The van der Waals surface area contributed by atoms with Crippen molar-refractivity contribution in [2.45, 2.75) is 173 Å². The Kier molecular flexibility index (Phi) is 28.0. The summed E-state index contributed by atoms with van der Waals surface area (Å²) in [5.74, 6) is -11.7. The van der Waals surface area contributed by atoms with Crippen molar-refractivity contribution >= 4 is 75.9 Å². The number of nitrogens with one attached hydrogen (secondary N) is 9. The lowest BCUT2D eigenvalue weighted by atomic mass is 9.98. The number of aromatic amines is 1. The molecule has 0 saturated carbocycles. The van der Waals surface area contributed by atoms with E-state index in [0.717, 1.165) is 0 Å². The Labute approximate surface area is 482 Å². The van der Waals surface area contributed by atoms with Gasteiger partial charge in [-0.05, 0) is 99.1 Å². The summed E-state index contributed by atoms with van der Waals surface area (Å²) in [7, 11) is 0. The number of aliphatic hydroxyl groups is 1. The number of benzene rings is 2. The highest BCUT2D eigenvalue weighted by atomic mass is 16.4. The van der Waals surface area contributed by atoms with E-state index in [1.807, 2.05) is 0 Å². The van der Waals surface area contributed by atoms with Crippen LogP contribution in [0.25, 0.3) is 10.9 Å². The third-order valence-corrected chi connectivity index (χ3v) is 13.4. The van der Waals surface area contributed by atoms with Crippen molar-refractivity contribution < 1.29 is 68.1 Å². The molecule has 83 heavy (non-hydrogen) atoms. The van der Waals surface area contributed by atoms with Crippen molar-refractivity contribution in [3.63, 3.8) is 0 Å². The predicted octanol–water partition coefficient (Wildman–Crippen LogP) is -1.65. The van der Waals surface area contributed by atoms with Gasteiger partial charge in [0.15, 0.2) is 0 Å². The van der Waals surface area contributed by atoms with Crippen LogP contribution >= 0.6 is 0 Å². The van der Waals surface area contributed by atoms with E-state index >= 15 is 0 Å². The first-order chi connectivity index (χ1) is 39.0. The lowest BCUT2D eigenvalue weighted by Crippen LogP contribution is -2.61. The molecule has 0 spiro atoms. The van der Waals surface area contributed by atoms with Crippen LogP contribution in [0, 0.1) is 17.8 Å². The van der Waals surface area contributed by atoms with Crippen LogP contribution < -0.4 is 65.5 Å². The maximum Gasteiger partial charge on any atom is 0.326 e. The second-order valence-corrected chi connectivity index (χ2v) is 21.9. The fraction of sp³-hybridized carbons (Fsp3) is 0.554. The number of amides is 10. The minimum Gasteiger partial charge on any atom is -0.508 e. The second-order valence-electron chi connectivity index (χ2n) is 21.9. The van der Waals surface area contributed by atoms with Crippen LogP contribution in [0.15, 0.2) is 54.7 Å². The van der Waals surface area contributed by atoms with Gasteiger partial charge >= 0.3 is 5.97 Å². The number of H-pyrrole nitrogens is 1. The Morgan fingerprint density at radius 2 is 1.02 bits per heavy atom. The average Bonchev–Trinajstić information content (AvgIpc) is 4.05. The fourth-order valence-electron chi connectivity index (χ4n) is 8.83. The molecule has 27 heteroatoms. The van der Waals surface area contributed by atoms with Crippen molar-refractivity contribution in [2.75, 3.05) is 6.54 Å². The molecule has 0 unspecified atom stereocenters. The van der Waals surface area contributed by atoms with E-state index in [9.17, 15) is 68.1 Å². The maximum absolute atomic E-state index is 14.7. The third-order valence-electron chi connectivity index (χ3n) is 13.4. The molecule has 0 aliphatic rings. The number of aromatic hydroxyl groups is 1. The highest BCUT2D eigenvalue weighted by Crippen LogP contribution is 2.21. The Hall–Kier alpha value is -8.17. The van der Waals surface area contributed by atoms with Crippen LogP contribution in [0.2, 0.25) is 0 Å². The fourth-order valence-corrected chi connectivity index (χ4v) is 8.83. The minimum atomic E-state index is -1.63. The van der Waals surface area contributed by atoms with Gasteiger partial charge in [0.2, 0.25) is 59.1 Å². The normalized spacial score (nSPS) is 15.0. The summed E-state index contributed by atoms with van der Waals surface area (Å²) in [6, 6.07) is -0.315. The average molecular weight is 1160 g/mol. The van der Waals surface area contributed by atoms with E-state index in [1.165, 1.54) is 31.2 Å². The first-order valence-corrected chi connectivity index (χ1v) is 27.7. The van der Waals surface area contributed by atoms with E-state index in [4.69, 9.17) is 22.9 Å². The summed E-state index contributed by atoms with van der Waals surface area (Å²) in [5, 5.41) is 50.9. The van der Waals surface area contributed by atoms with Gasteiger partial charge in [0, 0.05) is 36.4 Å². The molecular formula is C56H85N13O14. The Balaban J connectivity index is 1.99. The maximum atomic E-state index is 14.7. The number of unbranched alkanes of at least 4 members (excludes halogenated alkanes) is 1. The number of aliphatic carboxylic acids is 1. The van der Waals surface area contributed by atoms with Crippen LogP contribution in [0.3, 0.4) is 0 Å². The number of aromatic nitrogens is 1. The van der Waals surface area contributed by atoms with Crippen molar-refractivity contribution in [3.05, 3.63) is 65.9 Å². The lowest BCUT2D eigenvalue weighted by Gasteiger charge is -2.29. The zero-order valence-electron chi connectivity index (χ0n) is 48.1. The monoisotopic (exact) mass is 1160 g/mol. The molecule has 0 aliphatic heterocycles. The van der Waals surface area contributed by atoms with E-state index < -0.39 is 144 Å². The van der Waals surface area contributed by atoms with Gasteiger partial charge in [0.05, 0.1) is 12.5 Å². The number of fused-ring (bicyclic) bond motifs is 1. The number of hydrogen-bond acceptors (Lipinski definition) is 15. The summed E-state index contributed by atoms with van der Waals surface area (Å²) < 4.78 is 0. The number of para-hydroxylation sites is 1. The Morgan fingerprint density at radius 1 is 0.542 bits per heavy atom. The van der Waals surface area contributed by atoms with E-state index in [1.54, 1.807) is 72.0 Å². The number of aliphatic hydroxyl groups excluding tert-OH is 1. The molecule has 1 heterocycles. The van der Waals surface area contributed by atoms with Gasteiger partial charge in [-0.2, -0.15) is 0 Å². The summed E-state index contributed by atoms with van der Waals surface area (Å²) >= 11 is 0. The van der Waals surface area contributed by atoms with E-state index in [2.05, 4.69) is 47.5 Å². The molecular weight excluding hydrogens is 1080 g/mol. The van der Waals surface area contributed by atoms with Crippen LogP contribution in [-0.4, -0.2) is 152 Å². The van der Waals surface area contributed by atoms with Crippen LogP contribution in [0.1, 0.15) is 111 Å². The number of carbonyl (C=O) groups excluding carboxylic acids is 10. The van der Waals surface area contributed by atoms with Gasteiger partial charge in [0.25, 0.3) is 0 Å². The number of carboxylic acid groups (broad SMARTS) is 1. The number of primary amides is 2. The van der Waals surface area contributed by atoms with Crippen LogP contribution in [0.5, 0.6) is 5.75 Å². The predicted molar refractivity (Wildman–Crippen MR) is 305 cm³/mol. The SMILES string of the molecule is CC(C)C[C@H](NC(=O)[C@H](CC(N)=O)NC(=O)[C@H](CCCCN)NC(=O)[C@H](CC(C)C)NC(=O)[C@@H](NC(=O)[C@H](Cc1c[nH]c2ccccc12)NC(=O)[C@H](CCC(N)=O)NC(=O)[C@H](Cc1ccc(O)cc1)NC(=O)[C@@H](N)[C@@H](C)O)C(C)C)C(=O)O. The topological polar surface area (TPSA) is 465 Å². The Bertz CT molecular complexity index is 2710. The lowest BCUT2D eigenvalue weighted by molar-refractivity contribution is -0.143. The highest BCUT2D eigenvalue weighted by Gasteiger charge is 2.37. The van der Waals surface area contributed by atoms with Crippen molar-refractivity contribution in [1.82, 2.24) is 47.5 Å². The zero-order chi connectivity index (χ0) is 62.2. The largest absolute Gasteiger partial charge is 0.508 e. The molecule has 0 bridgehead atoms. The van der Waals surface area contributed by atoms with Gasteiger partial charge in [-0.25, -0.2) is 4.79 Å². The summed E-state index contributed by atoms with van der Waals surface area (Å²) in [4.78, 5) is 152. The first kappa shape index (κ1) is 69.1. The molecule has 1 aromatic heterocycles. The number of nitrogens with two attached hydrogens (primary N) is 4. The molecule has 10 atom stereocenters. The number of phenols is 1. The van der Waals surface area contributed by atoms with Gasteiger partial charge in [-0.15, -0.1) is 0 Å². The molecule has 0 radical (unpaired) electrons. The number of phenolic OH excluding ortho intramolecular Hbond substituents is 1. The molecule has 0 aliphatic carbocycles. The summed E-state index contributed by atoms with van der Waals surface area (Å²) in [6.07, 6.45) is -0.896. The van der Waals surface area contributed by atoms with E-state index in [-0.39, 0.29) is 62.7 Å². The number of carboxylic acids is 1. The van der Waals surface area contributed by atoms with Gasteiger partial charge in [0.1, 0.15) is 60.1 Å². The highest BCUT2D eigenvalue weighted by molar-refractivity contribution is 5.99. The van der Waals surface area contributed by atoms with Crippen molar-refractivity contribution in [2.24, 2.45) is 40.7 Å².